The molecule has 1 amide bonds. The van der Waals surface area contributed by atoms with E-state index < -0.39 is 35.0 Å². The van der Waals surface area contributed by atoms with Crippen molar-refractivity contribution in [1.82, 2.24) is 4.98 Å². The fourth-order valence-corrected chi connectivity index (χ4v) is 3.14. The van der Waals surface area contributed by atoms with E-state index in [0.717, 1.165) is 16.9 Å². The Balaban J connectivity index is 1.89. The molecular weight excluding hydrogens is 406 g/mol. The van der Waals surface area contributed by atoms with E-state index in [-0.39, 0.29) is 11.2 Å². The molecule has 0 saturated heterocycles. The normalized spacial score (nSPS) is 12.1. The summed E-state index contributed by atoms with van der Waals surface area (Å²) in [5.74, 6) is -1.12. The monoisotopic (exact) mass is 416 g/mol. The number of aromatic nitrogens is 1. The van der Waals surface area contributed by atoms with E-state index in [1.54, 1.807) is 30.3 Å². The van der Waals surface area contributed by atoms with Crippen LogP contribution >= 0.6 is 11.3 Å². The highest BCUT2D eigenvalue weighted by Gasteiger charge is 2.37. The number of carbonyl (C=O) groups excluding carboxylic acids is 1. The first-order valence-corrected chi connectivity index (χ1v) is 8.48. The molecule has 0 fully saturated rings. The minimum Gasteiger partial charge on any atom is -0.298 e. The van der Waals surface area contributed by atoms with Gasteiger partial charge in [-0.3, -0.25) is 10.1 Å². The lowest BCUT2D eigenvalue weighted by molar-refractivity contribution is -0.143. The average Bonchev–Trinajstić information content (AvgIpc) is 3.09. The van der Waals surface area contributed by atoms with E-state index in [0.29, 0.717) is 17.0 Å². The summed E-state index contributed by atoms with van der Waals surface area (Å²) in [6.07, 6.45) is -8.61. The highest BCUT2D eigenvalue weighted by Crippen LogP contribution is 2.36. The molecule has 0 radical (unpaired) electrons. The minimum atomic E-state index is -5.03. The molecule has 28 heavy (non-hydrogen) atoms. The summed E-state index contributed by atoms with van der Waals surface area (Å²) in [6, 6.07) is 9.67. The molecule has 10 heteroatoms. The SMILES string of the molecule is O=C(Nc1ncc(-c2ccccc2)s1)c1cc(C(F)(F)F)cc(C(F)(F)F)c1. The Morgan fingerprint density at radius 1 is 0.893 bits per heavy atom. The number of nitrogens with one attached hydrogen (secondary N) is 1. The van der Waals surface area contributed by atoms with Crippen molar-refractivity contribution in [3.05, 3.63) is 71.4 Å². The molecule has 0 aliphatic rings. The summed E-state index contributed by atoms with van der Waals surface area (Å²) < 4.78 is 77.4. The zero-order valence-electron chi connectivity index (χ0n) is 13.7. The Labute approximate surface area is 158 Å². The largest absolute Gasteiger partial charge is 0.416 e. The molecule has 0 saturated carbocycles. The van der Waals surface area contributed by atoms with Crippen molar-refractivity contribution in [3.8, 4) is 10.4 Å². The van der Waals surface area contributed by atoms with Gasteiger partial charge in [-0.1, -0.05) is 41.7 Å². The van der Waals surface area contributed by atoms with Gasteiger partial charge in [-0.15, -0.1) is 0 Å². The van der Waals surface area contributed by atoms with Gasteiger partial charge in [0, 0.05) is 11.8 Å². The van der Waals surface area contributed by atoms with Gasteiger partial charge in [-0.25, -0.2) is 4.98 Å². The van der Waals surface area contributed by atoms with Gasteiger partial charge in [-0.05, 0) is 23.8 Å². The number of rotatable bonds is 3. The van der Waals surface area contributed by atoms with Crippen molar-refractivity contribution >= 4 is 22.4 Å². The van der Waals surface area contributed by atoms with Crippen LogP contribution < -0.4 is 5.32 Å². The number of halogens is 6. The summed E-state index contributed by atoms with van der Waals surface area (Å²) in [5, 5.41) is 2.29. The molecule has 146 valence electrons. The molecule has 0 unspecified atom stereocenters. The number of nitrogens with zero attached hydrogens (tertiary/aromatic N) is 1. The molecule has 0 aliphatic heterocycles. The predicted molar refractivity (Wildman–Crippen MR) is 91.9 cm³/mol. The standard InChI is InChI=1S/C18H10F6N2OS/c19-17(20,21)12-6-11(7-13(8-12)18(22,23)24)15(27)26-16-25-9-14(28-16)10-4-2-1-3-5-10/h1-9H,(H,25,26,27). The number of alkyl halides is 6. The molecule has 3 nitrogen and oxygen atoms in total. The first-order chi connectivity index (χ1) is 13.0. The van der Waals surface area contributed by atoms with Crippen LogP contribution in [0.25, 0.3) is 10.4 Å². The van der Waals surface area contributed by atoms with Gasteiger partial charge < -0.3 is 0 Å². The summed E-state index contributed by atoms with van der Waals surface area (Å²) in [4.78, 5) is 16.9. The van der Waals surface area contributed by atoms with Crippen LogP contribution in [0, 0.1) is 0 Å². The van der Waals surface area contributed by atoms with Crippen LogP contribution in [0.1, 0.15) is 21.5 Å². The van der Waals surface area contributed by atoms with Crippen LogP contribution in [0.4, 0.5) is 31.5 Å². The fourth-order valence-electron chi connectivity index (χ4n) is 2.32. The van der Waals surface area contributed by atoms with Gasteiger partial charge in [0.2, 0.25) is 0 Å². The van der Waals surface area contributed by atoms with Gasteiger partial charge in [0.15, 0.2) is 5.13 Å². The fraction of sp³-hybridized carbons (Fsp3) is 0.111. The van der Waals surface area contributed by atoms with E-state index >= 15 is 0 Å². The minimum absolute atomic E-state index is 0.0340. The summed E-state index contributed by atoms with van der Waals surface area (Å²) in [7, 11) is 0. The third kappa shape index (κ3) is 4.50. The molecule has 0 aliphatic carbocycles. The Morgan fingerprint density at radius 3 is 2.00 bits per heavy atom. The van der Waals surface area contributed by atoms with Crippen molar-refractivity contribution in [2.24, 2.45) is 0 Å². The second-order valence-electron chi connectivity index (χ2n) is 5.64. The topological polar surface area (TPSA) is 42.0 Å². The maximum atomic E-state index is 12.9. The Bertz CT molecular complexity index is 963. The molecule has 0 bridgehead atoms. The van der Waals surface area contributed by atoms with Crippen LogP contribution in [-0.2, 0) is 12.4 Å². The Morgan fingerprint density at radius 2 is 1.46 bits per heavy atom. The molecule has 2 aromatic carbocycles. The van der Waals surface area contributed by atoms with Crippen LogP contribution in [0.3, 0.4) is 0 Å². The second kappa shape index (κ2) is 7.27. The molecule has 1 heterocycles. The number of benzene rings is 2. The van der Waals surface area contributed by atoms with Gasteiger partial charge in [0.25, 0.3) is 5.91 Å². The summed E-state index contributed by atoms with van der Waals surface area (Å²) in [5.41, 5.74) is -3.08. The zero-order valence-corrected chi connectivity index (χ0v) is 14.5. The lowest BCUT2D eigenvalue weighted by Gasteiger charge is -2.13. The number of amides is 1. The van der Waals surface area contributed by atoms with E-state index in [1.807, 2.05) is 0 Å². The maximum Gasteiger partial charge on any atom is 0.416 e. The quantitative estimate of drug-likeness (QED) is 0.524. The average molecular weight is 416 g/mol. The van der Waals surface area contributed by atoms with E-state index in [4.69, 9.17) is 0 Å². The third-order valence-corrected chi connectivity index (χ3v) is 4.60. The Kier molecular flexibility index (Phi) is 5.16. The second-order valence-corrected chi connectivity index (χ2v) is 6.68. The van der Waals surface area contributed by atoms with Gasteiger partial charge in [0.1, 0.15) is 0 Å². The number of hydrogen-bond donors (Lipinski definition) is 1. The van der Waals surface area contributed by atoms with Crippen molar-refractivity contribution < 1.29 is 31.1 Å². The smallest absolute Gasteiger partial charge is 0.298 e. The lowest BCUT2D eigenvalue weighted by Crippen LogP contribution is -2.17. The zero-order chi connectivity index (χ0) is 20.5. The van der Waals surface area contributed by atoms with Crippen LogP contribution in [0.15, 0.2) is 54.7 Å². The van der Waals surface area contributed by atoms with E-state index in [9.17, 15) is 31.1 Å². The van der Waals surface area contributed by atoms with Crippen molar-refractivity contribution in [3.63, 3.8) is 0 Å². The highest BCUT2D eigenvalue weighted by atomic mass is 32.1. The van der Waals surface area contributed by atoms with Crippen molar-refractivity contribution in [2.45, 2.75) is 12.4 Å². The van der Waals surface area contributed by atoms with Crippen LogP contribution in [-0.4, -0.2) is 10.9 Å². The highest BCUT2D eigenvalue weighted by molar-refractivity contribution is 7.19. The molecular formula is C18H10F6N2OS. The first-order valence-electron chi connectivity index (χ1n) is 7.66. The third-order valence-electron chi connectivity index (χ3n) is 3.63. The predicted octanol–water partition coefficient (Wildman–Crippen LogP) is 6.10. The lowest BCUT2D eigenvalue weighted by atomic mass is 10.0. The van der Waals surface area contributed by atoms with E-state index in [1.165, 1.54) is 6.20 Å². The molecule has 0 spiro atoms. The molecule has 3 aromatic rings. The summed E-state index contributed by atoms with van der Waals surface area (Å²) in [6.45, 7) is 0. The number of anilines is 1. The first kappa shape index (κ1) is 19.9. The van der Waals surface area contributed by atoms with Crippen LogP contribution in [0.2, 0.25) is 0 Å². The number of carbonyl (C=O) groups is 1. The summed E-state index contributed by atoms with van der Waals surface area (Å²) >= 11 is 1.04. The van der Waals surface area contributed by atoms with Crippen LogP contribution in [0.5, 0.6) is 0 Å². The van der Waals surface area contributed by atoms with Gasteiger partial charge in [0.05, 0.1) is 16.0 Å². The maximum absolute atomic E-state index is 12.9. The molecule has 0 atom stereocenters. The van der Waals surface area contributed by atoms with Gasteiger partial charge >= 0.3 is 12.4 Å². The van der Waals surface area contributed by atoms with Gasteiger partial charge in [-0.2, -0.15) is 26.3 Å². The van der Waals surface area contributed by atoms with Crippen molar-refractivity contribution in [2.75, 3.05) is 5.32 Å². The molecule has 3 rings (SSSR count). The number of hydrogen-bond acceptors (Lipinski definition) is 3. The Hall–Kier alpha value is -2.88. The number of thiazole rings is 1. The molecule has 1 N–H and O–H groups in total. The van der Waals surface area contributed by atoms with Crippen molar-refractivity contribution in [1.29, 1.82) is 0 Å². The molecule has 1 aromatic heterocycles. The van der Waals surface area contributed by atoms with E-state index in [2.05, 4.69) is 10.3 Å².